The normalized spacial score (nSPS) is 18.7. The monoisotopic (exact) mass is 468 g/mol. The molecule has 30 heavy (non-hydrogen) atoms. The molecule has 1 aliphatic heterocycles. The van der Waals surface area contributed by atoms with E-state index in [1.165, 1.54) is 0 Å². The highest BCUT2D eigenvalue weighted by Crippen LogP contribution is 2.30. The van der Waals surface area contributed by atoms with Gasteiger partial charge >= 0.3 is 6.03 Å². The maximum atomic E-state index is 12.9. The summed E-state index contributed by atoms with van der Waals surface area (Å²) >= 11 is 3.38. The third kappa shape index (κ3) is 3.70. The first-order chi connectivity index (χ1) is 14.4. The predicted octanol–water partition coefficient (Wildman–Crippen LogP) is 3.06. The molecule has 7 nitrogen and oxygen atoms in total. The third-order valence-electron chi connectivity index (χ3n) is 5.37. The molecule has 1 aromatic heterocycles. The van der Waals surface area contributed by atoms with Crippen molar-refractivity contribution in [1.82, 2.24) is 20.5 Å². The number of aromatic amines is 1. The number of halogens is 1. The Hall–Kier alpha value is -3.13. The van der Waals surface area contributed by atoms with Crippen LogP contribution in [0.2, 0.25) is 0 Å². The second kappa shape index (κ2) is 7.95. The zero-order chi connectivity index (χ0) is 21.3. The van der Waals surface area contributed by atoms with Crippen LogP contribution in [0.15, 0.2) is 59.2 Å². The zero-order valence-electron chi connectivity index (χ0n) is 16.4. The van der Waals surface area contributed by atoms with Crippen LogP contribution < -0.4 is 10.6 Å². The minimum absolute atomic E-state index is 0.317. The van der Waals surface area contributed by atoms with Gasteiger partial charge in [0.1, 0.15) is 12.1 Å². The van der Waals surface area contributed by atoms with Crippen LogP contribution >= 0.6 is 15.9 Å². The van der Waals surface area contributed by atoms with Gasteiger partial charge in [0.05, 0.1) is 0 Å². The van der Waals surface area contributed by atoms with Crippen LogP contribution in [0.5, 0.6) is 0 Å². The fraction of sp³-hybridized carbons (Fsp3) is 0.227. The fourth-order valence-corrected chi connectivity index (χ4v) is 4.11. The van der Waals surface area contributed by atoms with E-state index < -0.39 is 17.5 Å². The lowest BCUT2D eigenvalue weighted by Gasteiger charge is -2.22. The number of hydrogen-bond acceptors (Lipinski definition) is 3. The van der Waals surface area contributed by atoms with Crippen molar-refractivity contribution in [2.45, 2.75) is 18.9 Å². The predicted molar refractivity (Wildman–Crippen MR) is 117 cm³/mol. The number of hydrogen-bond donors (Lipinski definition) is 3. The summed E-state index contributed by atoms with van der Waals surface area (Å²) in [5.41, 5.74) is 1.59. The van der Waals surface area contributed by atoms with E-state index in [0.717, 1.165) is 25.8 Å². The molecule has 0 spiro atoms. The number of fused-ring (bicyclic) bond motifs is 1. The van der Waals surface area contributed by atoms with Gasteiger partial charge in [-0.3, -0.25) is 14.5 Å². The SMILES string of the molecule is CC1(c2cccc(Br)c2)NC(=O)N(CC(=O)NCCc2c[nH]c3ccccc23)C1=O. The van der Waals surface area contributed by atoms with Crippen LogP contribution in [0, 0.1) is 0 Å². The van der Waals surface area contributed by atoms with E-state index in [0.29, 0.717) is 18.5 Å². The topological polar surface area (TPSA) is 94.3 Å². The first-order valence-corrected chi connectivity index (χ1v) is 10.4. The first kappa shape index (κ1) is 20.2. The average molecular weight is 469 g/mol. The summed E-state index contributed by atoms with van der Waals surface area (Å²) in [7, 11) is 0. The minimum atomic E-state index is -1.20. The van der Waals surface area contributed by atoms with Gasteiger partial charge in [-0.15, -0.1) is 0 Å². The van der Waals surface area contributed by atoms with E-state index in [1.807, 2.05) is 36.5 Å². The molecule has 4 rings (SSSR count). The van der Waals surface area contributed by atoms with Crippen LogP contribution in [0.3, 0.4) is 0 Å². The fourth-order valence-electron chi connectivity index (χ4n) is 3.71. The number of rotatable bonds is 6. The standard InChI is InChI=1S/C22H21BrN4O3/c1-22(15-5-4-6-16(23)11-15)20(29)27(21(30)26-22)13-19(28)24-10-9-14-12-25-18-8-3-2-7-17(14)18/h2-8,11-12,25H,9-10,13H2,1H3,(H,24,28)(H,26,30). The molecule has 3 N–H and O–H groups in total. The number of aromatic nitrogens is 1. The molecular weight excluding hydrogens is 448 g/mol. The quantitative estimate of drug-likeness (QED) is 0.485. The Morgan fingerprint density at radius 2 is 1.97 bits per heavy atom. The highest BCUT2D eigenvalue weighted by Gasteiger charge is 2.49. The van der Waals surface area contributed by atoms with Gasteiger partial charge < -0.3 is 15.6 Å². The molecule has 2 heterocycles. The Bertz CT molecular complexity index is 1140. The molecule has 1 unspecified atom stereocenters. The zero-order valence-corrected chi connectivity index (χ0v) is 18.0. The Labute approximate surface area is 182 Å². The van der Waals surface area contributed by atoms with Gasteiger partial charge in [-0.1, -0.05) is 46.3 Å². The van der Waals surface area contributed by atoms with Gasteiger partial charge in [0.2, 0.25) is 5.91 Å². The van der Waals surface area contributed by atoms with Crippen molar-refractivity contribution in [3.8, 4) is 0 Å². The second-order valence-corrected chi connectivity index (χ2v) is 8.33. The van der Waals surface area contributed by atoms with Crippen molar-refractivity contribution in [3.63, 3.8) is 0 Å². The molecule has 0 bridgehead atoms. The van der Waals surface area contributed by atoms with Gasteiger partial charge in [-0.2, -0.15) is 0 Å². The molecule has 154 valence electrons. The number of H-pyrrole nitrogens is 1. The number of carbonyl (C=O) groups excluding carboxylic acids is 3. The lowest BCUT2D eigenvalue weighted by molar-refractivity contribution is -0.134. The molecule has 0 aliphatic carbocycles. The van der Waals surface area contributed by atoms with Gasteiger partial charge in [0.15, 0.2) is 0 Å². The Balaban J connectivity index is 1.37. The minimum Gasteiger partial charge on any atom is -0.361 e. The summed E-state index contributed by atoms with van der Waals surface area (Å²) in [6, 6.07) is 14.6. The van der Waals surface area contributed by atoms with Crippen molar-refractivity contribution >= 4 is 44.7 Å². The number of nitrogens with one attached hydrogen (secondary N) is 3. The van der Waals surface area contributed by atoms with E-state index in [2.05, 4.69) is 31.5 Å². The lowest BCUT2D eigenvalue weighted by Crippen LogP contribution is -2.43. The Kier molecular flexibility index (Phi) is 5.34. The van der Waals surface area contributed by atoms with E-state index in [4.69, 9.17) is 0 Å². The maximum Gasteiger partial charge on any atom is 0.325 e. The summed E-state index contributed by atoms with van der Waals surface area (Å²) < 4.78 is 0.803. The number of benzene rings is 2. The van der Waals surface area contributed by atoms with Crippen LogP contribution in [0.1, 0.15) is 18.1 Å². The van der Waals surface area contributed by atoms with E-state index >= 15 is 0 Å². The number of para-hydroxylation sites is 1. The highest BCUT2D eigenvalue weighted by atomic mass is 79.9. The molecule has 2 aromatic carbocycles. The van der Waals surface area contributed by atoms with Crippen molar-refractivity contribution < 1.29 is 14.4 Å². The molecule has 1 atom stereocenters. The van der Waals surface area contributed by atoms with Crippen molar-refractivity contribution in [2.24, 2.45) is 0 Å². The van der Waals surface area contributed by atoms with Crippen LogP contribution in [0.4, 0.5) is 4.79 Å². The van der Waals surface area contributed by atoms with Gasteiger partial charge in [0, 0.05) is 28.1 Å². The Morgan fingerprint density at radius 3 is 2.77 bits per heavy atom. The molecule has 1 aliphatic rings. The number of imide groups is 1. The molecule has 8 heteroatoms. The summed E-state index contributed by atoms with van der Waals surface area (Å²) in [6.45, 7) is 1.74. The third-order valence-corrected chi connectivity index (χ3v) is 5.86. The summed E-state index contributed by atoms with van der Waals surface area (Å²) in [6.07, 6.45) is 2.57. The van der Waals surface area contributed by atoms with E-state index in [1.54, 1.807) is 25.1 Å². The van der Waals surface area contributed by atoms with Crippen molar-refractivity contribution in [1.29, 1.82) is 0 Å². The molecule has 3 aromatic rings. The largest absolute Gasteiger partial charge is 0.361 e. The van der Waals surface area contributed by atoms with Crippen molar-refractivity contribution in [3.05, 3.63) is 70.3 Å². The van der Waals surface area contributed by atoms with Crippen molar-refractivity contribution in [2.75, 3.05) is 13.1 Å². The summed E-state index contributed by atoms with van der Waals surface area (Å²) in [5, 5.41) is 6.62. The summed E-state index contributed by atoms with van der Waals surface area (Å²) in [5.74, 6) is -0.825. The number of urea groups is 1. The lowest BCUT2D eigenvalue weighted by atomic mass is 9.92. The van der Waals surface area contributed by atoms with Gasteiger partial charge in [0.25, 0.3) is 5.91 Å². The summed E-state index contributed by atoms with van der Waals surface area (Å²) in [4.78, 5) is 41.9. The van der Waals surface area contributed by atoms with E-state index in [9.17, 15) is 14.4 Å². The number of carbonyl (C=O) groups is 3. The van der Waals surface area contributed by atoms with Crippen LogP contribution in [0.25, 0.3) is 10.9 Å². The molecule has 1 saturated heterocycles. The number of amides is 4. The molecular formula is C22H21BrN4O3. The second-order valence-electron chi connectivity index (χ2n) is 7.42. The molecule has 1 fully saturated rings. The highest BCUT2D eigenvalue weighted by molar-refractivity contribution is 9.10. The maximum absolute atomic E-state index is 12.9. The Morgan fingerprint density at radius 1 is 1.17 bits per heavy atom. The van der Waals surface area contributed by atoms with Crippen LogP contribution in [-0.4, -0.2) is 40.8 Å². The first-order valence-electron chi connectivity index (χ1n) is 9.60. The average Bonchev–Trinajstić information content (AvgIpc) is 3.23. The smallest absolute Gasteiger partial charge is 0.325 e. The molecule has 4 amide bonds. The van der Waals surface area contributed by atoms with Crippen LogP contribution in [-0.2, 0) is 21.5 Å². The number of nitrogens with zero attached hydrogens (tertiary/aromatic N) is 1. The molecule has 0 saturated carbocycles. The van der Waals surface area contributed by atoms with E-state index in [-0.39, 0.29) is 12.5 Å². The van der Waals surface area contributed by atoms with Gasteiger partial charge in [-0.25, -0.2) is 4.79 Å². The molecule has 0 radical (unpaired) electrons. The van der Waals surface area contributed by atoms with Gasteiger partial charge in [-0.05, 0) is 42.7 Å².